The first-order valence-corrected chi connectivity index (χ1v) is 5.58. The molecule has 1 aromatic heterocycles. The van der Waals surface area contributed by atoms with Crippen molar-refractivity contribution in [2.75, 3.05) is 0 Å². The number of imidazole rings is 1. The Kier molecular flexibility index (Phi) is 2.84. The van der Waals surface area contributed by atoms with Gasteiger partial charge in [-0.3, -0.25) is 0 Å². The summed E-state index contributed by atoms with van der Waals surface area (Å²) in [4.78, 5) is 16.1. The summed E-state index contributed by atoms with van der Waals surface area (Å²) in [6, 6.07) is 5.29. The van der Waals surface area contributed by atoms with Crippen molar-refractivity contribution in [3.63, 3.8) is 0 Å². The first-order chi connectivity index (χ1) is 8.40. The molecule has 0 amide bonds. The lowest BCUT2D eigenvalue weighted by molar-refractivity contribution is 0.0543. The maximum absolute atomic E-state index is 12.0. The van der Waals surface area contributed by atoms with Gasteiger partial charge in [0, 0.05) is 5.56 Å². The average Bonchev–Trinajstić information content (AvgIpc) is 2.69. The van der Waals surface area contributed by atoms with Crippen molar-refractivity contribution >= 4 is 17.1 Å². The summed E-state index contributed by atoms with van der Waals surface area (Å²) in [5.41, 5.74) is 1.56. The molecular weight excluding hydrogens is 228 g/mol. The van der Waals surface area contributed by atoms with Crippen molar-refractivity contribution in [1.82, 2.24) is 9.55 Å². The van der Waals surface area contributed by atoms with Crippen molar-refractivity contribution in [2.24, 2.45) is 0 Å². The van der Waals surface area contributed by atoms with Crippen LogP contribution in [0.25, 0.3) is 11.0 Å². The Balaban J connectivity index is 2.42. The van der Waals surface area contributed by atoms with Gasteiger partial charge in [0.2, 0.25) is 0 Å². The lowest BCUT2D eigenvalue weighted by atomic mass is 10.2. The van der Waals surface area contributed by atoms with E-state index in [0.29, 0.717) is 11.0 Å². The highest BCUT2D eigenvalue weighted by Gasteiger charge is 2.19. The second-order valence-corrected chi connectivity index (χ2v) is 4.94. The van der Waals surface area contributed by atoms with E-state index in [1.54, 1.807) is 18.2 Å². The zero-order chi connectivity index (χ0) is 13.3. The molecule has 4 heteroatoms. The van der Waals surface area contributed by atoms with Crippen LogP contribution in [0.3, 0.4) is 0 Å². The van der Waals surface area contributed by atoms with E-state index in [4.69, 9.17) is 11.2 Å². The largest absolute Gasteiger partial charge is 0.443 e. The van der Waals surface area contributed by atoms with Crippen molar-refractivity contribution in [2.45, 2.75) is 26.4 Å². The number of benzene rings is 1. The molecule has 2 rings (SSSR count). The van der Waals surface area contributed by atoms with Gasteiger partial charge in [-0.2, -0.15) is 0 Å². The van der Waals surface area contributed by atoms with Crippen LogP contribution >= 0.6 is 0 Å². The molecule has 1 aromatic carbocycles. The third-order valence-corrected chi connectivity index (χ3v) is 2.30. The van der Waals surface area contributed by atoms with E-state index in [9.17, 15) is 4.79 Å². The van der Waals surface area contributed by atoms with E-state index in [1.165, 1.54) is 10.9 Å². The maximum Gasteiger partial charge on any atom is 0.420 e. The summed E-state index contributed by atoms with van der Waals surface area (Å²) in [5.74, 6) is 2.53. The molecule has 0 aliphatic rings. The Bertz CT molecular complexity index is 642. The molecule has 0 atom stereocenters. The molecule has 0 aliphatic heterocycles. The van der Waals surface area contributed by atoms with Gasteiger partial charge in [0.25, 0.3) is 0 Å². The third kappa shape index (κ3) is 2.35. The number of ether oxygens (including phenoxy) is 1. The molecule has 0 N–H and O–H groups in total. The fourth-order valence-electron chi connectivity index (χ4n) is 1.56. The predicted molar refractivity (Wildman–Crippen MR) is 69.3 cm³/mol. The molecule has 0 saturated heterocycles. The lowest BCUT2D eigenvalue weighted by Gasteiger charge is -2.19. The van der Waals surface area contributed by atoms with Crippen LogP contribution in [0.2, 0.25) is 0 Å². The normalized spacial score (nSPS) is 11.2. The average molecular weight is 242 g/mol. The van der Waals surface area contributed by atoms with Gasteiger partial charge in [-0.25, -0.2) is 14.3 Å². The molecule has 2 aromatic rings. The molecule has 0 aliphatic carbocycles. The Morgan fingerprint density at radius 1 is 1.44 bits per heavy atom. The van der Waals surface area contributed by atoms with Gasteiger partial charge in [-0.15, -0.1) is 6.42 Å². The van der Waals surface area contributed by atoms with Gasteiger partial charge in [0.05, 0.1) is 11.0 Å². The minimum Gasteiger partial charge on any atom is -0.443 e. The van der Waals surface area contributed by atoms with Crippen molar-refractivity contribution in [3.8, 4) is 12.3 Å². The fourth-order valence-corrected chi connectivity index (χ4v) is 1.56. The van der Waals surface area contributed by atoms with Crippen LogP contribution in [0.4, 0.5) is 4.79 Å². The number of hydrogen-bond acceptors (Lipinski definition) is 3. The lowest BCUT2D eigenvalue weighted by Crippen LogP contribution is -2.26. The Morgan fingerprint density at radius 2 is 2.17 bits per heavy atom. The van der Waals surface area contributed by atoms with Gasteiger partial charge in [0.1, 0.15) is 11.9 Å². The van der Waals surface area contributed by atoms with Crippen LogP contribution in [0, 0.1) is 12.3 Å². The summed E-state index contributed by atoms with van der Waals surface area (Å²) < 4.78 is 6.67. The molecule has 0 spiro atoms. The highest BCUT2D eigenvalue weighted by Crippen LogP contribution is 2.17. The molecule has 0 unspecified atom stereocenters. The van der Waals surface area contributed by atoms with Crippen LogP contribution in [0.1, 0.15) is 26.3 Å². The molecule has 0 fully saturated rings. The second kappa shape index (κ2) is 4.19. The van der Waals surface area contributed by atoms with E-state index in [-0.39, 0.29) is 0 Å². The summed E-state index contributed by atoms with van der Waals surface area (Å²) in [6.45, 7) is 5.46. The van der Waals surface area contributed by atoms with Gasteiger partial charge in [-0.05, 0) is 39.0 Å². The first kappa shape index (κ1) is 12.2. The minimum atomic E-state index is -0.535. The van der Waals surface area contributed by atoms with Crippen molar-refractivity contribution in [3.05, 3.63) is 30.1 Å². The van der Waals surface area contributed by atoms with Gasteiger partial charge in [-0.1, -0.05) is 5.92 Å². The number of terminal acetylenes is 1. The monoisotopic (exact) mass is 242 g/mol. The van der Waals surface area contributed by atoms with E-state index in [1.807, 2.05) is 20.8 Å². The van der Waals surface area contributed by atoms with Crippen LogP contribution in [0.15, 0.2) is 24.5 Å². The van der Waals surface area contributed by atoms with Crippen molar-refractivity contribution in [1.29, 1.82) is 0 Å². The van der Waals surface area contributed by atoms with Gasteiger partial charge >= 0.3 is 6.09 Å². The number of rotatable bonds is 0. The van der Waals surface area contributed by atoms with E-state index in [0.717, 1.165) is 5.56 Å². The number of nitrogens with zero attached hydrogens (tertiary/aromatic N) is 2. The number of carbonyl (C=O) groups is 1. The smallest absolute Gasteiger partial charge is 0.420 e. The molecule has 4 nitrogen and oxygen atoms in total. The summed E-state index contributed by atoms with van der Waals surface area (Å²) in [7, 11) is 0. The van der Waals surface area contributed by atoms with Gasteiger partial charge in [0.15, 0.2) is 0 Å². The maximum atomic E-state index is 12.0. The molecule has 1 heterocycles. The van der Waals surface area contributed by atoms with Crippen LogP contribution in [0.5, 0.6) is 0 Å². The molecule has 0 bridgehead atoms. The van der Waals surface area contributed by atoms with Gasteiger partial charge < -0.3 is 4.74 Å². The third-order valence-electron chi connectivity index (χ3n) is 2.30. The van der Waals surface area contributed by atoms with Crippen LogP contribution in [-0.2, 0) is 4.74 Å². The summed E-state index contributed by atoms with van der Waals surface area (Å²) in [5, 5.41) is 0. The standard InChI is InChI=1S/C14H14N2O2/c1-5-10-6-7-12-11(8-10)15-9-16(12)13(17)18-14(2,3)4/h1,6-9H,2-4H3. The number of fused-ring (bicyclic) bond motifs is 1. The molecular formula is C14H14N2O2. The Labute approximate surface area is 106 Å². The van der Waals surface area contributed by atoms with Crippen LogP contribution in [-0.4, -0.2) is 21.2 Å². The molecule has 0 saturated carbocycles. The zero-order valence-corrected chi connectivity index (χ0v) is 10.6. The van der Waals surface area contributed by atoms with E-state index >= 15 is 0 Å². The second-order valence-electron chi connectivity index (χ2n) is 4.94. The Hall–Kier alpha value is -2.28. The quantitative estimate of drug-likeness (QED) is 0.667. The number of aromatic nitrogens is 2. The molecule has 92 valence electrons. The Morgan fingerprint density at radius 3 is 2.78 bits per heavy atom. The summed E-state index contributed by atoms with van der Waals surface area (Å²) in [6.07, 6.45) is 6.31. The predicted octanol–water partition coefficient (Wildman–Crippen LogP) is 2.80. The van der Waals surface area contributed by atoms with Crippen LogP contribution < -0.4 is 0 Å². The highest BCUT2D eigenvalue weighted by atomic mass is 16.6. The first-order valence-electron chi connectivity index (χ1n) is 5.58. The zero-order valence-electron chi connectivity index (χ0n) is 10.6. The molecule has 18 heavy (non-hydrogen) atoms. The van der Waals surface area contributed by atoms with Crippen molar-refractivity contribution < 1.29 is 9.53 Å². The number of carbonyl (C=O) groups excluding carboxylic acids is 1. The van der Waals surface area contributed by atoms with E-state index < -0.39 is 11.7 Å². The fraction of sp³-hybridized carbons (Fsp3) is 0.286. The molecule has 0 radical (unpaired) electrons. The SMILES string of the molecule is C#Cc1ccc2c(c1)ncn2C(=O)OC(C)(C)C. The highest BCUT2D eigenvalue weighted by molar-refractivity contribution is 5.87. The van der Waals surface area contributed by atoms with E-state index in [2.05, 4.69) is 10.9 Å². The minimum absolute atomic E-state index is 0.446. The number of hydrogen-bond donors (Lipinski definition) is 0. The topological polar surface area (TPSA) is 44.1 Å². The summed E-state index contributed by atoms with van der Waals surface area (Å²) >= 11 is 0.